The summed E-state index contributed by atoms with van der Waals surface area (Å²) in [6.45, 7) is 0.325. The van der Waals surface area contributed by atoms with E-state index in [-0.39, 0.29) is 17.2 Å². The van der Waals surface area contributed by atoms with E-state index in [9.17, 15) is 14.9 Å². The van der Waals surface area contributed by atoms with Crippen LogP contribution in [0.3, 0.4) is 0 Å². The summed E-state index contributed by atoms with van der Waals surface area (Å²) >= 11 is 0. The van der Waals surface area contributed by atoms with Gasteiger partial charge in [0.15, 0.2) is 11.5 Å². The number of nitrogens with one attached hydrogen (secondary N) is 1. The Labute approximate surface area is 143 Å². The molecule has 0 radical (unpaired) electrons. The number of aromatic nitrogens is 3. The molecule has 0 saturated carbocycles. The minimum absolute atomic E-state index is 0.141. The zero-order valence-electron chi connectivity index (χ0n) is 13.7. The maximum Gasteiger partial charge on any atom is 0.293 e. The third-order valence-corrected chi connectivity index (χ3v) is 3.84. The van der Waals surface area contributed by atoms with Crippen LogP contribution >= 0.6 is 0 Å². The van der Waals surface area contributed by atoms with Gasteiger partial charge in [-0.05, 0) is 24.3 Å². The summed E-state index contributed by atoms with van der Waals surface area (Å²) in [7, 11) is 3.20. The van der Waals surface area contributed by atoms with Crippen LogP contribution in [-0.2, 0) is 6.54 Å². The molecule has 0 aliphatic rings. The number of carbonyl (C=O) groups is 1. The van der Waals surface area contributed by atoms with Crippen molar-refractivity contribution in [3.63, 3.8) is 0 Å². The number of nitrogens with zero attached hydrogens (tertiary/aromatic N) is 5. The van der Waals surface area contributed by atoms with Crippen LogP contribution in [-0.4, -0.2) is 39.5 Å². The highest BCUT2D eigenvalue weighted by Crippen LogP contribution is 2.29. The summed E-state index contributed by atoms with van der Waals surface area (Å²) in [6.07, 6.45) is 1.83. The zero-order valence-corrected chi connectivity index (χ0v) is 13.7. The minimum atomic E-state index is -0.500. The van der Waals surface area contributed by atoms with Gasteiger partial charge in [-0.2, -0.15) is 0 Å². The first kappa shape index (κ1) is 16.4. The van der Waals surface area contributed by atoms with E-state index >= 15 is 0 Å². The Bertz CT molecular complexity index is 952. The summed E-state index contributed by atoms with van der Waals surface area (Å²) < 4.78 is 1.82. The molecule has 3 rings (SSSR count). The standard InChI is InChI=1S/C16H16N6O3/c1-17-16(23)11-6-7-12(13(9-11)22(24)25)20(2)10-15-19-18-14-5-3-4-8-21(14)15/h3-9H,10H2,1-2H3,(H,17,23). The van der Waals surface area contributed by atoms with Crippen LogP contribution in [0.1, 0.15) is 16.2 Å². The number of pyridine rings is 1. The largest absolute Gasteiger partial charge is 0.361 e. The molecule has 0 spiro atoms. The molecule has 9 heteroatoms. The topological polar surface area (TPSA) is 106 Å². The first-order chi connectivity index (χ1) is 12.0. The van der Waals surface area contributed by atoms with Gasteiger partial charge in [0, 0.05) is 31.9 Å². The average molecular weight is 340 g/mol. The summed E-state index contributed by atoms with van der Waals surface area (Å²) in [6, 6.07) is 9.94. The molecule has 2 aromatic heterocycles. The van der Waals surface area contributed by atoms with E-state index in [1.54, 1.807) is 24.1 Å². The molecule has 0 fully saturated rings. The highest BCUT2D eigenvalue weighted by molar-refractivity contribution is 5.95. The number of hydrogen-bond acceptors (Lipinski definition) is 6. The van der Waals surface area contributed by atoms with Gasteiger partial charge in [0.2, 0.25) is 0 Å². The molecule has 25 heavy (non-hydrogen) atoms. The molecule has 3 aromatic rings. The van der Waals surface area contributed by atoms with Gasteiger partial charge in [-0.3, -0.25) is 19.3 Å². The first-order valence-corrected chi connectivity index (χ1v) is 7.51. The number of amides is 1. The number of carbonyl (C=O) groups excluding carboxylic acids is 1. The Morgan fingerprint density at radius 2 is 2.12 bits per heavy atom. The lowest BCUT2D eigenvalue weighted by Gasteiger charge is -2.18. The molecule has 1 aromatic carbocycles. The summed E-state index contributed by atoms with van der Waals surface area (Å²) in [5, 5.41) is 22.1. The number of nitro groups is 1. The van der Waals surface area contributed by atoms with Crippen LogP contribution in [0, 0.1) is 10.1 Å². The van der Waals surface area contributed by atoms with Gasteiger partial charge in [-0.1, -0.05) is 6.07 Å². The fraction of sp³-hybridized carbons (Fsp3) is 0.188. The van der Waals surface area contributed by atoms with Crippen molar-refractivity contribution in [2.75, 3.05) is 19.0 Å². The lowest BCUT2D eigenvalue weighted by molar-refractivity contribution is -0.384. The van der Waals surface area contributed by atoms with E-state index < -0.39 is 4.92 Å². The van der Waals surface area contributed by atoms with Gasteiger partial charge in [0.25, 0.3) is 11.6 Å². The number of hydrogen-bond donors (Lipinski definition) is 1. The maximum absolute atomic E-state index is 11.7. The van der Waals surface area contributed by atoms with Crippen LogP contribution < -0.4 is 10.2 Å². The molecule has 1 N–H and O–H groups in total. The fourth-order valence-corrected chi connectivity index (χ4v) is 2.57. The zero-order chi connectivity index (χ0) is 18.0. The van der Waals surface area contributed by atoms with Crippen LogP contribution in [0.4, 0.5) is 11.4 Å². The predicted molar refractivity (Wildman–Crippen MR) is 91.6 cm³/mol. The summed E-state index contributed by atoms with van der Waals surface area (Å²) in [4.78, 5) is 24.3. The lowest BCUT2D eigenvalue weighted by Crippen LogP contribution is -2.21. The highest BCUT2D eigenvalue weighted by atomic mass is 16.6. The van der Waals surface area contributed by atoms with Gasteiger partial charge in [-0.15, -0.1) is 10.2 Å². The van der Waals surface area contributed by atoms with Crippen molar-refractivity contribution in [1.29, 1.82) is 0 Å². The highest BCUT2D eigenvalue weighted by Gasteiger charge is 2.21. The number of nitro benzene ring substituents is 1. The molecular formula is C16H16N6O3. The maximum atomic E-state index is 11.7. The van der Waals surface area contributed by atoms with Gasteiger partial charge < -0.3 is 10.2 Å². The predicted octanol–water partition coefficient (Wildman–Crippen LogP) is 1.63. The molecule has 0 saturated heterocycles. The molecule has 2 heterocycles. The fourth-order valence-electron chi connectivity index (χ4n) is 2.57. The van der Waals surface area contributed by atoms with Crippen molar-refractivity contribution in [1.82, 2.24) is 19.9 Å². The third-order valence-electron chi connectivity index (χ3n) is 3.84. The van der Waals surface area contributed by atoms with Crippen molar-refractivity contribution < 1.29 is 9.72 Å². The molecule has 0 aliphatic heterocycles. The summed E-state index contributed by atoms with van der Waals surface area (Å²) in [5.41, 5.74) is 1.19. The minimum Gasteiger partial charge on any atom is -0.361 e. The van der Waals surface area contributed by atoms with Gasteiger partial charge in [0.05, 0.1) is 11.5 Å². The van der Waals surface area contributed by atoms with E-state index in [0.717, 1.165) is 0 Å². The van der Waals surface area contributed by atoms with Gasteiger partial charge in [-0.25, -0.2) is 0 Å². The molecule has 0 atom stereocenters. The van der Waals surface area contributed by atoms with E-state index in [0.29, 0.717) is 23.7 Å². The van der Waals surface area contributed by atoms with E-state index in [1.165, 1.54) is 13.1 Å². The Hall–Kier alpha value is -3.49. The van der Waals surface area contributed by atoms with Crippen LogP contribution in [0.5, 0.6) is 0 Å². The van der Waals surface area contributed by atoms with Crippen LogP contribution in [0.15, 0.2) is 42.6 Å². The van der Waals surface area contributed by atoms with E-state index in [2.05, 4.69) is 15.5 Å². The molecule has 0 bridgehead atoms. The molecule has 0 aliphatic carbocycles. The van der Waals surface area contributed by atoms with E-state index in [4.69, 9.17) is 0 Å². The molecule has 9 nitrogen and oxygen atoms in total. The van der Waals surface area contributed by atoms with Crippen molar-refractivity contribution in [2.45, 2.75) is 6.54 Å². The van der Waals surface area contributed by atoms with Crippen molar-refractivity contribution >= 4 is 22.9 Å². The normalized spacial score (nSPS) is 10.6. The van der Waals surface area contributed by atoms with Crippen molar-refractivity contribution in [2.24, 2.45) is 0 Å². The molecule has 128 valence electrons. The number of benzene rings is 1. The second-order valence-corrected chi connectivity index (χ2v) is 5.44. The van der Waals surface area contributed by atoms with Crippen LogP contribution in [0.2, 0.25) is 0 Å². The monoisotopic (exact) mass is 340 g/mol. The molecule has 0 unspecified atom stereocenters. The van der Waals surface area contributed by atoms with Gasteiger partial charge in [0.1, 0.15) is 5.69 Å². The number of anilines is 1. The second-order valence-electron chi connectivity index (χ2n) is 5.44. The molecule has 1 amide bonds. The van der Waals surface area contributed by atoms with Crippen molar-refractivity contribution in [3.8, 4) is 0 Å². The Kier molecular flexibility index (Phi) is 4.29. The number of fused-ring (bicyclic) bond motifs is 1. The lowest BCUT2D eigenvalue weighted by atomic mass is 10.1. The first-order valence-electron chi connectivity index (χ1n) is 7.51. The Balaban J connectivity index is 1.94. The average Bonchev–Trinajstić information content (AvgIpc) is 3.03. The van der Waals surface area contributed by atoms with Crippen molar-refractivity contribution in [3.05, 3.63) is 64.1 Å². The number of rotatable bonds is 5. The smallest absolute Gasteiger partial charge is 0.293 e. The molecular weight excluding hydrogens is 324 g/mol. The summed E-state index contributed by atoms with van der Waals surface area (Å²) in [5.74, 6) is 0.281. The quantitative estimate of drug-likeness (QED) is 0.559. The Morgan fingerprint density at radius 3 is 2.84 bits per heavy atom. The van der Waals surface area contributed by atoms with E-state index in [1.807, 2.05) is 28.8 Å². The SMILES string of the molecule is CNC(=O)c1ccc(N(C)Cc2nnc3ccccn23)c([N+](=O)[O-])c1. The second kappa shape index (κ2) is 6.56. The van der Waals surface area contributed by atoms with Crippen LogP contribution in [0.25, 0.3) is 5.65 Å². The third kappa shape index (κ3) is 3.11. The Morgan fingerprint density at radius 1 is 1.32 bits per heavy atom. The van der Waals surface area contributed by atoms with Gasteiger partial charge >= 0.3 is 0 Å².